The third-order valence-electron chi connectivity index (χ3n) is 12.9. The van der Waals surface area contributed by atoms with Gasteiger partial charge >= 0.3 is 0 Å². The van der Waals surface area contributed by atoms with Crippen molar-refractivity contribution in [3.8, 4) is 11.1 Å². The van der Waals surface area contributed by atoms with E-state index < -0.39 is 0 Å². The van der Waals surface area contributed by atoms with Crippen molar-refractivity contribution < 1.29 is 8.83 Å². The van der Waals surface area contributed by atoms with Gasteiger partial charge < -0.3 is 13.7 Å². The second-order valence-electron chi connectivity index (χ2n) is 16.4. The van der Waals surface area contributed by atoms with E-state index >= 15 is 0 Å². The van der Waals surface area contributed by atoms with Crippen molar-refractivity contribution in [2.45, 2.75) is 0 Å². The predicted octanol–water partition coefficient (Wildman–Crippen LogP) is 17.5. The van der Waals surface area contributed by atoms with Gasteiger partial charge in [0, 0.05) is 50.1 Å². The molecule has 0 aliphatic heterocycles. The highest BCUT2D eigenvalue weighted by Gasteiger charge is 2.19. The number of anilines is 3. The van der Waals surface area contributed by atoms with Crippen LogP contribution in [-0.2, 0) is 0 Å². The average molecular weight is 804 g/mol. The molecule has 0 fully saturated rings. The van der Waals surface area contributed by atoms with Crippen molar-refractivity contribution in [2.75, 3.05) is 4.90 Å². The van der Waals surface area contributed by atoms with Gasteiger partial charge in [-0.1, -0.05) is 164 Å². The highest BCUT2D eigenvalue weighted by Crippen LogP contribution is 2.45. The topological polar surface area (TPSA) is 29.5 Å². The van der Waals surface area contributed by atoms with Crippen LogP contribution in [0.15, 0.2) is 233 Å². The summed E-state index contributed by atoms with van der Waals surface area (Å²) >= 11 is 0. The fraction of sp³-hybridized carbons (Fsp3) is 0. The van der Waals surface area contributed by atoms with E-state index in [0.29, 0.717) is 0 Å². The first-order valence-electron chi connectivity index (χ1n) is 21.5. The molecule has 3 heteroatoms. The minimum absolute atomic E-state index is 0.848. The summed E-state index contributed by atoms with van der Waals surface area (Å²) in [6, 6.07) is 80.7. The lowest BCUT2D eigenvalue weighted by Gasteiger charge is -2.26. The maximum atomic E-state index is 6.96. The summed E-state index contributed by atoms with van der Waals surface area (Å²) in [5.74, 6) is 0. The number of hydrogen-bond acceptors (Lipinski definition) is 3. The van der Waals surface area contributed by atoms with Gasteiger partial charge in [-0.25, -0.2) is 0 Å². The van der Waals surface area contributed by atoms with Crippen LogP contribution in [-0.4, -0.2) is 0 Å². The van der Waals surface area contributed by atoms with Crippen molar-refractivity contribution in [1.82, 2.24) is 0 Å². The van der Waals surface area contributed by atoms with Crippen molar-refractivity contribution in [3.63, 3.8) is 0 Å². The lowest BCUT2D eigenvalue weighted by atomic mass is 9.93. The van der Waals surface area contributed by atoms with Gasteiger partial charge in [-0.2, -0.15) is 0 Å². The molecular weight excluding hydrogens is 767 g/mol. The molecular formula is C60H37NO2. The van der Waals surface area contributed by atoms with Gasteiger partial charge in [-0.15, -0.1) is 0 Å². The van der Waals surface area contributed by atoms with Gasteiger partial charge in [0.05, 0.1) is 0 Å². The zero-order valence-corrected chi connectivity index (χ0v) is 34.1. The molecule has 3 nitrogen and oxygen atoms in total. The highest BCUT2D eigenvalue weighted by molar-refractivity contribution is 6.31. The number of fused-ring (bicyclic) bond motifs is 17. The van der Waals surface area contributed by atoms with E-state index in [0.717, 1.165) is 98.8 Å². The number of furan rings is 2. The molecule has 13 aromatic rings. The largest absolute Gasteiger partial charge is 0.456 e. The quantitative estimate of drug-likeness (QED) is 0.177. The Morgan fingerprint density at radius 3 is 1.29 bits per heavy atom. The van der Waals surface area contributed by atoms with E-state index in [1.807, 2.05) is 12.1 Å². The molecule has 0 N–H and O–H groups in total. The molecule has 2 heterocycles. The molecule has 13 rings (SSSR count). The van der Waals surface area contributed by atoms with Crippen LogP contribution in [0.2, 0.25) is 0 Å². The standard InChI is InChI=1S/C60H37NO2/c1-2-14-38(15-3-1)39-26-28-40(29-27-39)61(42-31-33-51-49-21-10-12-24-56(49)62-58(51)37-42)41-30-32-48-46-19-7-5-17-44(46)43-16-4-6-18-45(43)47-20-8-9-23-52(47)59-53(55(48)36-41)34-35-54-50-22-11-13-25-57(50)63-60(54)59/h1-37H. The first-order chi connectivity index (χ1) is 31.2. The Kier molecular flexibility index (Phi) is 7.91. The van der Waals surface area contributed by atoms with Crippen molar-refractivity contribution >= 4 is 115 Å². The van der Waals surface area contributed by atoms with E-state index in [-0.39, 0.29) is 0 Å². The normalized spacial score (nSPS) is 11.8. The molecule has 0 amide bonds. The second-order valence-corrected chi connectivity index (χ2v) is 16.4. The molecule has 0 saturated carbocycles. The number of rotatable bonds is 4. The second kappa shape index (κ2) is 14.1. The third-order valence-corrected chi connectivity index (χ3v) is 12.9. The monoisotopic (exact) mass is 803 g/mol. The lowest BCUT2D eigenvalue weighted by Crippen LogP contribution is -2.09. The predicted molar refractivity (Wildman–Crippen MR) is 266 cm³/mol. The van der Waals surface area contributed by atoms with Gasteiger partial charge in [-0.3, -0.25) is 0 Å². The number of para-hydroxylation sites is 2. The zero-order valence-electron chi connectivity index (χ0n) is 34.1. The van der Waals surface area contributed by atoms with E-state index in [1.165, 1.54) is 27.1 Å². The molecule has 0 unspecified atom stereocenters. The van der Waals surface area contributed by atoms with Crippen LogP contribution < -0.4 is 4.90 Å². The molecule has 0 spiro atoms. The van der Waals surface area contributed by atoms with E-state index in [4.69, 9.17) is 8.83 Å². The molecule has 11 aromatic carbocycles. The number of hydrogen-bond donors (Lipinski definition) is 0. The lowest BCUT2D eigenvalue weighted by molar-refractivity contribution is 0.669. The first-order valence-corrected chi connectivity index (χ1v) is 21.5. The first kappa shape index (κ1) is 35.4. The summed E-state index contributed by atoms with van der Waals surface area (Å²) in [7, 11) is 0. The minimum atomic E-state index is 0.848. The van der Waals surface area contributed by atoms with Crippen LogP contribution in [0.1, 0.15) is 0 Å². The van der Waals surface area contributed by atoms with E-state index in [1.54, 1.807) is 0 Å². The van der Waals surface area contributed by atoms with Crippen LogP contribution in [0.25, 0.3) is 109 Å². The summed E-state index contributed by atoms with van der Waals surface area (Å²) in [5.41, 5.74) is 8.90. The van der Waals surface area contributed by atoms with Crippen LogP contribution in [0, 0.1) is 0 Å². The minimum Gasteiger partial charge on any atom is -0.456 e. The smallest absolute Gasteiger partial charge is 0.143 e. The average Bonchev–Trinajstić information content (AvgIpc) is 3.92. The number of nitrogens with zero attached hydrogens (tertiary/aromatic N) is 1. The third kappa shape index (κ3) is 5.60. The maximum absolute atomic E-state index is 6.96. The Morgan fingerprint density at radius 1 is 0.238 bits per heavy atom. The summed E-state index contributed by atoms with van der Waals surface area (Å²) in [6.07, 6.45) is 0. The highest BCUT2D eigenvalue weighted by atomic mass is 16.3. The maximum Gasteiger partial charge on any atom is 0.143 e. The van der Waals surface area contributed by atoms with Gasteiger partial charge in [0.15, 0.2) is 0 Å². The Hall–Kier alpha value is -8.40. The Labute approximate surface area is 362 Å². The molecule has 0 aliphatic rings. The van der Waals surface area contributed by atoms with Crippen LogP contribution in [0.5, 0.6) is 0 Å². The molecule has 0 radical (unpaired) electrons. The fourth-order valence-electron chi connectivity index (χ4n) is 9.99. The summed E-state index contributed by atoms with van der Waals surface area (Å²) in [5, 5.41) is 15.9. The van der Waals surface area contributed by atoms with Gasteiger partial charge in [-0.05, 0) is 114 Å². The van der Waals surface area contributed by atoms with Crippen molar-refractivity contribution in [1.29, 1.82) is 0 Å². The van der Waals surface area contributed by atoms with Gasteiger partial charge in [0.1, 0.15) is 22.3 Å². The van der Waals surface area contributed by atoms with Crippen molar-refractivity contribution in [3.05, 3.63) is 224 Å². The molecule has 0 saturated heterocycles. The van der Waals surface area contributed by atoms with Gasteiger partial charge in [0.25, 0.3) is 0 Å². The number of benzene rings is 10. The van der Waals surface area contributed by atoms with Crippen LogP contribution in [0.4, 0.5) is 17.1 Å². The Morgan fingerprint density at radius 2 is 0.635 bits per heavy atom. The molecule has 63 heavy (non-hydrogen) atoms. The van der Waals surface area contributed by atoms with Crippen molar-refractivity contribution in [2.24, 2.45) is 0 Å². The molecule has 2 aromatic heterocycles. The Bertz CT molecular complexity index is 4030. The van der Waals surface area contributed by atoms with Crippen LogP contribution >= 0.6 is 0 Å². The fourth-order valence-corrected chi connectivity index (χ4v) is 9.99. The summed E-state index contributed by atoms with van der Waals surface area (Å²) in [6.45, 7) is 0. The summed E-state index contributed by atoms with van der Waals surface area (Å²) < 4.78 is 13.5. The van der Waals surface area contributed by atoms with Crippen LogP contribution in [0.3, 0.4) is 0 Å². The molecule has 0 atom stereocenters. The SMILES string of the molecule is c1ccc(-c2ccc(N(c3ccc4c(c3)oc3ccccc34)c3ccc4c5ccccc5c5ccccc5c5ccccc5c5c(ccc6c7ccccc7oc65)c4c3)cc2)cc1. The van der Waals surface area contributed by atoms with E-state index in [2.05, 4.69) is 217 Å². The zero-order chi connectivity index (χ0) is 41.4. The van der Waals surface area contributed by atoms with E-state index in [9.17, 15) is 0 Å². The van der Waals surface area contributed by atoms with Gasteiger partial charge in [0.2, 0.25) is 0 Å². The summed E-state index contributed by atoms with van der Waals surface area (Å²) in [4.78, 5) is 2.36. The molecule has 294 valence electrons. The molecule has 0 aliphatic carbocycles. The Balaban J connectivity index is 1.18. The molecule has 0 bridgehead atoms.